The van der Waals surface area contributed by atoms with Gasteiger partial charge in [-0.25, -0.2) is 38.3 Å². The van der Waals surface area contributed by atoms with Crippen molar-refractivity contribution < 1.29 is 8.42 Å². The number of aromatic nitrogens is 7. The summed E-state index contributed by atoms with van der Waals surface area (Å²) in [5.74, 6) is 1.06. The van der Waals surface area contributed by atoms with Gasteiger partial charge in [-0.15, -0.1) is 0 Å². The van der Waals surface area contributed by atoms with Crippen molar-refractivity contribution in [2.45, 2.75) is 70.5 Å². The van der Waals surface area contributed by atoms with Gasteiger partial charge >= 0.3 is 0 Å². The zero-order valence-corrected chi connectivity index (χ0v) is 22.9. The molecule has 0 aromatic carbocycles. The van der Waals surface area contributed by atoms with Crippen molar-refractivity contribution >= 4 is 26.8 Å². The molecule has 0 aliphatic heterocycles. The van der Waals surface area contributed by atoms with Crippen LogP contribution < -0.4 is 10.9 Å². The molecule has 1 saturated carbocycles. The second-order valence-electron chi connectivity index (χ2n) is 9.82. The number of hydrogen-bond acceptors (Lipinski definition) is 10. The van der Waals surface area contributed by atoms with Crippen molar-refractivity contribution in [1.29, 1.82) is 0 Å². The molecule has 1 N–H and O–H groups in total. The monoisotopic (exact) mass is 534 g/mol. The lowest BCUT2D eigenvalue weighted by molar-refractivity contribution is 0.526. The fourth-order valence-electron chi connectivity index (χ4n) is 4.39. The molecule has 1 fully saturated rings. The Hall–Kier alpha value is -3.80. The number of pyridine rings is 1. The van der Waals surface area contributed by atoms with Crippen LogP contribution in [0.3, 0.4) is 0 Å². The van der Waals surface area contributed by atoms with Gasteiger partial charge in [-0.1, -0.05) is 13.0 Å². The summed E-state index contributed by atoms with van der Waals surface area (Å²) < 4.78 is 25.1. The number of aryl methyl sites for hydroxylation is 2. The number of hydrogen-bond donors (Lipinski definition) is 1. The van der Waals surface area contributed by atoms with E-state index >= 15 is 0 Å². The van der Waals surface area contributed by atoms with Gasteiger partial charge in [0.05, 0.1) is 22.6 Å². The van der Waals surface area contributed by atoms with Gasteiger partial charge in [-0.05, 0) is 51.7 Å². The Kier molecular flexibility index (Phi) is 6.68. The van der Waals surface area contributed by atoms with Crippen molar-refractivity contribution in [3.05, 3.63) is 57.7 Å². The summed E-state index contributed by atoms with van der Waals surface area (Å²) >= 11 is 0. The minimum atomic E-state index is -3.39. The largest absolute Gasteiger partial charge is 0.361 e. The van der Waals surface area contributed by atoms with E-state index in [1.165, 1.54) is 12.3 Å². The van der Waals surface area contributed by atoms with E-state index in [2.05, 4.69) is 25.3 Å². The molecule has 0 unspecified atom stereocenters. The van der Waals surface area contributed by atoms with Crippen LogP contribution in [0, 0.1) is 13.8 Å². The van der Waals surface area contributed by atoms with E-state index in [9.17, 15) is 13.2 Å². The summed E-state index contributed by atoms with van der Waals surface area (Å²) in [6.45, 7) is 8.02. The van der Waals surface area contributed by atoms with Gasteiger partial charge in [0.15, 0.2) is 32.2 Å². The lowest BCUT2D eigenvalue weighted by Crippen LogP contribution is -2.29. The Labute approximate surface area is 220 Å². The van der Waals surface area contributed by atoms with Crippen molar-refractivity contribution in [3.8, 4) is 11.4 Å². The van der Waals surface area contributed by atoms with Crippen LogP contribution in [0.2, 0.25) is 0 Å². The van der Waals surface area contributed by atoms with E-state index in [1.807, 2.05) is 27.7 Å². The molecular formula is C26H30N8O3S. The maximum absolute atomic E-state index is 13.7. The minimum absolute atomic E-state index is 0.00307. The van der Waals surface area contributed by atoms with Gasteiger partial charge in [-0.3, -0.25) is 9.36 Å². The fraction of sp³-hybridized carbons (Fsp3) is 0.423. The van der Waals surface area contributed by atoms with E-state index in [0.29, 0.717) is 40.6 Å². The standard InChI is InChI=1S/C26H30N8O3S/c1-6-14(2)34-25-21(16(4)31-23(33-25)20-15(3)29-13-30-22(20)18-8-9-18)32-24(26(34)35)28-12-17-7-10-19(27-11-17)38(5,36)37/h7,10-11,13-14,18H,6,8-9,12H2,1-5H3,(H,28,32)/t14-/m0/s1. The van der Waals surface area contributed by atoms with Crippen molar-refractivity contribution in [2.75, 3.05) is 11.6 Å². The van der Waals surface area contributed by atoms with E-state index in [0.717, 1.165) is 36.0 Å². The van der Waals surface area contributed by atoms with Gasteiger partial charge in [-0.2, -0.15) is 0 Å². The highest BCUT2D eigenvalue weighted by atomic mass is 32.2. The molecule has 0 amide bonds. The molecule has 1 aliphatic rings. The number of anilines is 1. The molecule has 0 saturated heterocycles. The highest BCUT2D eigenvalue weighted by Crippen LogP contribution is 2.43. The zero-order valence-electron chi connectivity index (χ0n) is 22.1. The summed E-state index contributed by atoms with van der Waals surface area (Å²) in [5.41, 5.74) is 4.66. The van der Waals surface area contributed by atoms with Crippen LogP contribution in [-0.2, 0) is 16.4 Å². The quantitative estimate of drug-likeness (QED) is 0.356. The van der Waals surface area contributed by atoms with Crippen molar-refractivity contribution in [1.82, 2.24) is 34.5 Å². The molecule has 5 rings (SSSR count). The predicted octanol–water partition coefficient (Wildman–Crippen LogP) is 3.52. The fourth-order valence-corrected chi connectivity index (χ4v) is 4.95. The van der Waals surface area contributed by atoms with E-state index in [-0.39, 0.29) is 29.0 Å². The second kappa shape index (κ2) is 9.82. The molecule has 11 nitrogen and oxygen atoms in total. The summed E-state index contributed by atoms with van der Waals surface area (Å²) in [5, 5.41) is 3.10. The van der Waals surface area contributed by atoms with Crippen molar-refractivity contribution in [2.24, 2.45) is 0 Å². The van der Waals surface area contributed by atoms with Crippen LogP contribution >= 0.6 is 0 Å². The molecule has 4 heterocycles. The zero-order chi connectivity index (χ0) is 27.2. The first kappa shape index (κ1) is 25.8. The highest BCUT2D eigenvalue weighted by Gasteiger charge is 2.30. The number of nitrogens with zero attached hydrogens (tertiary/aromatic N) is 7. The van der Waals surface area contributed by atoms with E-state index in [4.69, 9.17) is 9.97 Å². The molecule has 198 valence electrons. The van der Waals surface area contributed by atoms with Crippen LogP contribution in [-0.4, -0.2) is 49.1 Å². The molecule has 12 heteroatoms. The molecule has 4 aromatic heterocycles. The first-order valence-electron chi connectivity index (χ1n) is 12.6. The summed E-state index contributed by atoms with van der Waals surface area (Å²) in [6, 6.07) is 2.97. The van der Waals surface area contributed by atoms with Gasteiger partial charge < -0.3 is 5.32 Å². The van der Waals surface area contributed by atoms with Crippen molar-refractivity contribution in [3.63, 3.8) is 0 Å². The first-order valence-corrected chi connectivity index (χ1v) is 14.5. The Morgan fingerprint density at radius 3 is 2.47 bits per heavy atom. The highest BCUT2D eigenvalue weighted by molar-refractivity contribution is 7.90. The number of rotatable bonds is 8. The maximum atomic E-state index is 13.7. The van der Waals surface area contributed by atoms with Crippen LogP contribution in [0.1, 0.15) is 67.7 Å². The maximum Gasteiger partial charge on any atom is 0.295 e. The molecule has 38 heavy (non-hydrogen) atoms. The van der Waals surface area contributed by atoms with Gasteiger partial charge in [0, 0.05) is 31.0 Å². The smallest absolute Gasteiger partial charge is 0.295 e. The number of nitrogens with one attached hydrogen (secondary N) is 1. The van der Waals surface area contributed by atoms with Crippen LogP contribution in [0.5, 0.6) is 0 Å². The Morgan fingerprint density at radius 1 is 1.08 bits per heavy atom. The average molecular weight is 535 g/mol. The molecule has 1 atom stereocenters. The summed E-state index contributed by atoms with van der Waals surface area (Å²) in [4.78, 5) is 40.9. The molecular weight excluding hydrogens is 504 g/mol. The Bertz CT molecular complexity index is 1700. The molecule has 0 bridgehead atoms. The SMILES string of the molecule is CC[C@H](C)n1c(=O)c(NCc2ccc(S(C)(=O)=O)nc2)nc2c(C)nc(-c3c(C)ncnc3C3CC3)nc21. The van der Waals surface area contributed by atoms with Gasteiger partial charge in [0.1, 0.15) is 11.8 Å². The van der Waals surface area contributed by atoms with E-state index in [1.54, 1.807) is 17.0 Å². The topological polar surface area (TPSA) is 146 Å². The predicted molar refractivity (Wildman–Crippen MR) is 144 cm³/mol. The third kappa shape index (κ3) is 4.87. The van der Waals surface area contributed by atoms with Crippen LogP contribution in [0.15, 0.2) is 34.5 Å². The third-order valence-corrected chi connectivity index (χ3v) is 7.84. The lowest BCUT2D eigenvalue weighted by atomic mass is 10.1. The van der Waals surface area contributed by atoms with E-state index < -0.39 is 9.84 Å². The summed E-state index contributed by atoms with van der Waals surface area (Å²) in [6.07, 6.45) is 7.04. The molecule has 4 aromatic rings. The molecule has 0 radical (unpaired) electrons. The minimum Gasteiger partial charge on any atom is -0.361 e. The molecule has 1 aliphatic carbocycles. The normalized spacial score (nSPS) is 14.6. The second-order valence-corrected chi connectivity index (χ2v) is 11.8. The Balaban J connectivity index is 1.59. The number of sulfone groups is 1. The van der Waals surface area contributed by atoms with Crippen LogP contribution in [0.4, 0.5) is 5.82 Å². The average Bonchev–Trinajstić information content (AvgIpc) is 3.72. The number of fused-ring (bicyclic) bond motifs is 1. The van der Waals surface area contributed by atoms with Crippen LogP contribution in [0.25, 0.3) is 22.6 Å². The van der Waals surface area contributed by atoms with Gasteiger partial charge in [0.25, 0.3) is 5.56 Å². The third-order valence-electron chi connectivity index (χ3n) is 6.84. The van der Waals surface area contributed by atoms with Gasteiger partial charge in [0.2, 0.25) is 0 Å². The first-order chi connectivity index (χ1) is 18.1. The molecule has 0 spiro atoms. The Morgan fingerprint density at radius 2 is 1.84 bits per heavy atom. The summed E-state index contributed by atoms with van der Waals surface area (Å²) in [7, 11) is -3.39. The lowest BCUT2D eigenvalue weighted by Gasteiger charge is -2.19.